The molecule has 4 nitrogen and oxygen atoms in total. The van der Waals surface area contributed by atoms with E-state index in [1.54, 1.807) is 0 Å². The molecule has 0 aliphatic heterocycles. The smallest absolute Gasteiger partial charge is 0.303 e. The van der Waals surface area contributed by atoms with Crippen LogP contribution in [0.3, 0.4) is 0 Å². The number of hydrogen-bond donors (Lipinski definition) is 1. The molecule has 0 aliphatic carbocycles. The van der Waals surface area contributed by atoms with Gasteiger partial charge in [-0.15, -0.1) is 6.58 Å². The van der Waals surface area contributed by atoms with Crippen LogP contribution in [0.1, 0.15) is 17.5 Å². The van der Waals surface area contributed by atoms with Crippen LogP contribution in [0.2, 0.25) is 0 Å². The maximum Gasteiger partial charge on any atom is 0.303 e. The fourth-order valence-electron chi connectivity index (χ4n) is 2.32. The first-order valence-electron chi connectivity index (χ1n) is 7.94. The van der Waals surface area contributed by atoms with E-state index in [9.17, 15) is 4.79 Å². The van der Waals surface area contributed by atoms with Crippen molar-refractivity contribution in [2.45, 2.75) is 19.3 Å². The van der Waals surface area contributed by atoms with Crippen molar-refractivity contribution >= 4 is 5.97 Å². The topological polar surface area (TPSA) is 55.8 Å². The highest BCUT2D eigenvalue weighted by Gasteiger charge is 2.03. The number of aliphatic carboxylic acids is 1. The summed E-state index contributed by atoms with van der Waals surface area (Å²) in [4.78, 5) is 10.6. The minimum absolute atomic E-state index is 0.118. The lowest BCUT2D eigenvalue weighted by Gasteiger charge is -2.11. The van der Waals surface area contributed by atoms with E-state index in [1.165, 1.54) is 0 Å². The standard InChI is InChI=1S/C20H22O4/c1-2-6-17-8-3-4-10-19(17)24-14-13-23-18-9-5-7-16(15-18)11-12-20(21)22/h2-5,7-10,15H,1,6,11-14H2,(H,21,22). The molecule has 126 valence electrons. The second-order valence-corrected chi connectivity index (χ2v) is 5.34. The van der Waals surface area contributed by atoms with Crippen LogP contribution in [0.4, 0.5) is 0 Å². The minimum atomic E-state index is -0.798. The van der Waals surface area contributed by atoms with Gasteiger partial charge in [-0.25, -0.2) is 0 Å². The van der Waals surface area contributed by atoms with Crippen LogP contribution in [-0.2, 0) is 17.6 Å². The van der Waals surface area contributed by atoms with Crippen molar-refractivity contribution in [3.63, 3.8) is 0 Å². The Morgan fingerprint density at radius 1 is 1.08 bits per heavy atom. The fourth-order valence-corrected chi connectivity index (χ4v) is 2.32. The number of hydrogen-bond acceptors (Lipinski definition) is 3. The van der Waals surface area contributed by atoms with E-state index >= 15 is 0 Å². The van der Waals surface area contributed by atoms with Crippen LogP contribution >= 0.6 is 0 Å². The normalized spacial score (nSPS) is 10.2. The van der Waals surface area contributed by atoms with E-state index in [1.807, 2.05) is 54.6 Å². The number of rotatable bonds is 10. The predicted molar refractivity (Wildman–Crippen MR) is 93.7 cm³/mol. The van der Waals surface area contributed by atoms with Crippen molar-refractivity contribution in [2.75, 3.05) is 13.2 Å². The summed E-state index contributed by atoms with van der Waals surface area (Å²) in [6.45, 7) is 4.61. The van der Waals surface area contributed by atoms with Gasteiger partial charge in [-0.05, 0) is 42.2 Å². The third-order valence-corrected chi connectivity index (χ3v) is 3.47. The van der Waals surface area contributed by atoms with Gasteiger partial charge in [-0.1, -0.05) is 36.4 Å². The summed E-state index contributed by atoms with van der Waals surface area (Å²) in [5.41, 5.74) is 2.05. The maximum atomic E-state index is 10.6. The number of carboxylic acid groups (broad SMARTS) is 1. The Morgan fingerprint density at radius 2 is 1.88 bits per heavy atom. The first kappa shape index (κ1) is 17.6. The number of carbonyl (C=O) groups is 1. The molecule has 0 radical (unpaired) electrons. The lowest BCUT2D eigenvalue weighted by Crippen LogP contribution is -2.10. The van der Waals surface area contributed by atoms with Crippen LogP contribution in [-0.4, -0.2) is 24.3 Å². The van der Waals surface area contributed by atoms with Gasteiger partial charge in [0.1, 0.15) is 24.7 Å². The predicted octanol–water partition coefficient (Wildman–Crippen LogP) is 3.89. The summed E-state index contributed by atoms with van der Waals surface area (Å²) in [5, 5.41) is 8.73. The van der Waals surface area contributed by atoms with Gasteiger partial charge in [0, 0.05) is 6.42 Å². The molecular formula is C20H22O4. The van der Waals surface area contributed by atoms with Crippen molar-refractivity contribution in [1.29, 1.82) is 0 Å². The van der Waals surface area contributed by atoms with E-state index in [0.717, 1.165) is 29.0 Å². The Bertz CT molecular complexity index is 679. The molecule has 0 heterocycles. The van der Waals surface area contributed by atoms with Gasteiger partial charge in [-0.2, -0.15) is 0 Å². The summed E-state index contributed by atoms with van der Waals surface area (Å²) in [6.07, 6.45) is 3.23. The summed E-state index contributed by atoms with van der Waals surface area (Å²) in [6, 6.07) is 15.4. The highest BCUT2D eigenvalue weighted by atomic mass is 16.5. The second kappa shape index (κ2) is 9.40. The van der Waals surface area contributed by atoms with Crippen LogP contribution in [0.15, 0.2) is 61.2 Å². The summed E-state index contributed by atoms with van der Waals surface area (Å²) >= 11 is 0. The molecule has 0 aliphatic rings. The zero-order chi connectivity index (χ0) is 17.2. The average Bonchev–Trinajstić information content (AvgIpc) is 2.59. The lowest BCUT2D eigenvalue weighted by atomic mass is 10.1. The molecule has 2 rings (SSSR count). The molecule has 0 spiro atoms. The molecule has 0 saturated carbocycles. The van der Waals surface area contributed by atoms with E-state index in [4.69, 9.17) is 14.6 Å². The molecular weight excluding hydrogens is 304 g/mol. The molecule has 0 amide bonds. The first-order valence-corrected chi connectivity index (χ1v) is 7.94. The average molecular weight is 326 g/mol. The Hall–Kier alpha value is -2.75. The molecule has 0 unspecified atom stereocenters. The number of aryl methyl sites for hydroxylation is 1. The van der Waals surface area contributed by atoms with E-state index < -0.39 is 5.97 Å². The minimum Gasteiger partial charge on any atom is -0.490 e. The highest BCUT2D eigenvalue weighted by Crippen LogP contribution is 2.19. The Morgan fingerprint density at radius 3 is 2.67 bits per heavy atom. The summed E-state index contributed by atoms with van der Waals surface area (Å²) in [5.74, 6) is 0.769. The van der Waals surface area contributed by atoms with Gasteiger partial charge >= 0.3 is 5.97 Å². The largest absolute Gasteiger partial charge is 0.490 e. The van der Waals surface area contributed by atoms with Crippen LogP contribution < -0.4 is 9.47 Å². The molecule has 0 bridgehead atoms. The van der Waals surface area contributed by atoms with Gasteiger partial charge in [-0.3, -0.25) is 4.79 Å². The van der Waals surface area contributed by atoms with Crippen molar-refractivity contribution in [2.24, 2.45) is 0 Å². The summed E-state index contributed by atoms with van der Waals surface area (Å²) < 4.78 is 11.5. The van der Waals surface area contributed by atoms with Crippen molar-refractivity contribution < 1.29 is 19.4 Å². The number of allylic oxidation sites excluding steroid dienone is 1. The third kappa shape index (κ3) is 5.80. The Kier molecular flexibility index (Phi) is 6.90. The zero-order valence-corrected chi connectivity index (χ0v) is 13.6. The number of para-hydroxylation sites is 1. The van der Waals surface area contributed by atoms with Gasteiger partial charge in [0.25, 0.3) is 0 Å². The quantitative estimate of drug-likeness (QED) is 0.531. The fraction of sp³-hybridized carbons (Fsp3) is 0.250. The van der Waals surface area contributed by atoms with Gasteiger partial charge in [0.2, 0.25) is 0 Å². The lowest BCUT2D eigenvalue weighted by molar-refractivity contribution is -0.136. The first-order chi connectivity index (χ1) is 11.7. The molecule has 0 aromatic heterocycles. The van der Waals surface area contributed by atoms with Crippen molar-refractivity contribution in [3.8, 4) is 11.5 Å². The molecule has 1 N–H and O–H groups in total. The Labute approximate surface area is 142 Å². The van der Waals surface area contributed by atoms with Gasteiger partial charge in [0.15, 0.2) is 0 Å². The number of ether oxygens (including phenoxy) is 2. The van der Waals surface area contributed by atoms with Crippen molar-refractivity contribution in [3.05, 3.63) is 72.3 Å². The van der Waals surface area contributed by atoms with E-state index in [2.05, 4.69) is 6.58 Å². The second-order valence-electron chi connectivity index (χ2n) is 5.34. The zero-order valence-electron chi connectivity index (χ0n) is 13.6. The van der Waals surface area contributed by atoms with Crippen LogP contribution in [0.5, 0.6) is 11.5 Å². The van der Waals surface area contributed by atoms with E-state index in [-0.39, 0.29) is 6.42 Å². The van der Waals surface area contributed by atoms with Crippen LogP contribution in [0, 0.1) is 0 Å². The monoisotopic (exact) mass is 326 g/mol. The summed E-state index contributed by atoms with van der Waals surface area (Å²) in [7, 11) is 0. The molecule has 24 heavy (non-hydrogen) atoms. The number of benzene rings is 2. The SMILES string of the molecule is C=CCc1ccccc1OCCOc1cccc(CCC(=O)O)c1. The molecule has 2 aromatic carbocycles. The van der Waals surface area contributed by atoms with Gasteiger partial charge in [0.05, 0.1) is 0 Å². The van der Waals surface area contributed by atoms with Crippen LogP contribution in [0.25, 0.3) is 0 Å². The third-order valence-electron chi connectivity index (χ3n) is 3.47. The maximum absolute atomic E-state index is 10.6. The molecule has 0 saturated heterocycles. The molecule has 0 fully saturated rings. The van der Waals surface area contributed by atoms with E-state index in [0.29, 0.717) is 19.6 Å². The number of carboxylic acids is 1. The molecule has 2 aromatic rings. The van der Waals surface area contributed by atoms with Gasteiger partial charge < -0.3 is 14.6 Å². The Balaban J connectivity index is 1.81. The molecule has 4 heteroatoms. The molecule has 0 atom stereocenters. The van der Waals surface area contributed by atoms with Crippen molar-refractivity contribution in [1.82, 2.24) is 0 Å². The highest BCUT2D eigenvalue weighted by molar-refractivity contribution is 5.67.